The summed E-state index contributed by atoms with van der Waals surface area (Å²) in [4.78, 5) is 16.5. The van der Waals surface area contributed by atoms with Crippen molar-refractivity contribution in [3.63, 3.8) is 0 Å². The predicted molar refractivity (Wildman–Crippen MR) is 86.8 cm³/mol. The van der Waals surface area contributed by atoms with Crippen LogP contribution in [0.25, 0.3) is 0 Å². The molecule has 0 aliphatic heterocycles. The topological polar surface area (TPSA) is 68.0 Å². The summed E-state index contributed by atoms with van der Waals surface area (Å²) >= 11 is 6.05. The minimum Gasteiger partial charge on any atom is -0.384 e. The molecule has 0 saturated carbocycles. The maximum Gasteiger partial charge on any atom is 0.255 e. The van der Waals surface area contributed by atoms with Crippen LogP contribution in [-0.2, 0) is 6.42 Å². The highest BCUT2D eigenvalue weighted by Gasteiger charge is 2.10. The summed E-state index contributed by atoms with van der Waals surface area (Å²) in [6, 6.07) is 8.75. The maximum absolute atomic E-state index is 12.3. The number of carbonyl (C=O) groups is 1. The molecule has 0 saturated heterocycles. The summed E-state index contributed by atoms with van der Waals surface area (Å²) < 4.78 is 0. The van der Waals surface area contributed by atoms with E-state index < -0.39 is 0 Å². The molecule has 4 nitrogen and oxygen atoms in total. The number of hydrogen-bond acceptors (Lipinski definition) is 3. The van der Waals surface area contributed by atoms with Crippen molar-refractivity contribution in [2.45, 2.75) is 26.7 Å². The SMILES string of the molecule is CCCc1cc(C(=O)Nc2ccc(C)c(Cl)c2)cc(N)n1. The number of carbonyl (C=O) groups excluding carboxylic acids is 1. The van der Waals surface area contributed by atoms with Gasteiger partial charge in [0, 0.05) is 22.0 Å². The number of halogens is 1. The Morgan fingerprint density at radius 2 is 2.10 bits per heavy atom. The van der Waals surface area contributed by atoms with Gasteiger partial charge in [0.1, 0.15) is 5.82 Å². The van der Waals surface area contributed by atoms with Gasteiger partial charge in [-0.1, -0.05) is 31.0 Å². The Kier molecular flexibility index (Phi) is 4.81. The van der Waals surface area contributed by atoms with E-state index in [0.717, 1.165) is 24.1 Å². The van der Waals surface area contributed by atoms with Gasteiger partial charge in [-0.15, -0.1) is 0 Å². The maximum atomic E-state index is 12.3. The van der Waals surface area contributed by atoms with Gasteiger partial charge < -0.3 is 11.1 Å². The van der Waals surface area contributed by atoms with E-state index in [1.807, 2.05) is 19.1 Å². The minimum absolute atomic E-state index is 0.221. The molecule has 0 aliphatic carbocycles. The number of hydrogen-bond donors (Lipinski definition) is 2. The first kappa shape index (κ1) is 15.3. The number of aromatic nitrogens is 1. The number of rotatable bonds is 4. The summed E-state index contributed by atoms with van der Waals surface area (Å²) in [6.45, 7) is 3.97. The fourth-order valence-corrected chi connectivity index (χ4v) is 2.18. The normalized spacial score (nSPS) is 10.4. The molecule has 3 N–H and O–H groups in total. The highest BCUT2D eigenvalue weighted by molar-refractivity contribution is 6.31. The highest BCUT2D eigenvalue weighted by atomic mass is 35.5. The van der Waals surface area contributed by atoms with E-state index >= 15 is 0 Å². The van der Waals surface area contributed by atoms with Gasteiger partial charge in [-0.25, -0.2) is 4.98 Å². The van der Waals surface area contributed by atoms with Crippen molar-refractivity contribution in [3.05, 3.63) is 52.2 Å². The van der Waals surface area contributed by atoms with Gasteiger partial charge in [0.05, 0.1) is 0 Å². The number of benzene rings is 1. The average Bonchev–Trinajstić information content (AvgIpc) is 2.42. The fourth-order valence-electron chi connectivity index (χ4n) is 2.00. The quantitative estimate of drug-likeness (QED) is 0.902. The molecule has 0 fully saturated rings. The number of nitrogens with one attached hydrogen (secondary N) is 1. The van der Waals surface area contributed by atoms with E-state index in [-0.39, 0.29) is 5.91 Å². The Morgan fingerprint density at radius 1 is 1.33 bits per heavy atom. The molecule has 0 spiro atoms. The van der Waals surface area contributed by atoms with Crippen molar-refractivity contribution in [2.75, 3.05) is 11.1 Å². The second-order valence-electron chi connectivity index (χ2n) is 4.94. The van der Waals surface area contributed by atoms with Crippen LogP contribution in [0.2, 0.25) is 5.02 Å². The van der Waals surface area contributed by atoms with Crippen LogP contribution in [0.5, 0.6) is 0 Å². The first-order valence-electron chi connectivity index (χ1n) is 6.83. The molecule has 21 heavy (non-hydrogen) atoms. The first-order chi connectivity index (χ1) is 9.99. The zero-order valence-electron chi connectivity index (χ0n) is 12.1. The predicted octanol–water partition coefficient (Wildman–Crippen LogP) is 3.83. The molecule has 1 amide bonds. The van der Waals surface area contributed by atoms with Gasteiger partial charge in [-0.2, -0.15) is 0 Å². The fraction of sp³-hybridized carbons (Fsp3) is 0.250. The van der Waals surface area contributed by atoms with Crippen molar-refractivity contribution < 1.29 is 4.79 Å². The standard InChI is InChI=1S/C16H18ClN3O/c1-3-4-12-7-11(8-15(18)19-12)16(21)20-13-6-5-10(2)14(17)9-13/h5-9H,3-4H2,1-2H3,(H2,18,19)(H,20,21). The van der Waals surface area contributed by atoms with E-state index in [9.17, 15) is 4.79 Å². The van der Waals surface area contributed by atoms with Crippen molar-refractivity contribution in [1.29, 1.82) is 0 Å². The van der Waals surface area contributed by atoms with Crippen molar-refractivity contribution in [3.8, 4) is 0 Å². The highest BCUT2D eigenvalue weighted by Crippen LogP contribution is 2.21. The molecule has 0 bridgehead atoms. The van der Waals surface area contributed by atoms with E-state index in [1.165, 1.54) is 0 Å². The molecule has 5 heteroatoms. The molecule has 0 unspecified atom stereocenters. The Balaban J connectivity index is 2.21. The van der Waals surface area contributed by atoms with Gasteiger partial charge in [-0.3, -0.25) is 4.79 Å². The Labute approximate surface area is 129 Å². The zero-order chi connectivity index (χ0) is 15.4. The lowest BCUT2D eigenvalue weighted by Gasteiger charge is -2.09. The van der Waals surface area contributed by atoms with Gasteiger partial charge in [-0.05, 0) is 43.2 Å². The van der Waals surface area contributed by atoms with Crippen LogP contribution in [0, 0.1) is 6.92 Å². The lowest BCUT2D eigenvalue weighted by atomic mass is 10.1. The smallest absolute Gasteiger partial charge is 0.255 e. The molecule has 0 radical (unpaired) electrons. The zero-order valence-corrected chi connectivity index (χ0v) is 12.9. The molecule has 2 aromatic rings. The van der Waals surface area contributed by atoms with Crippen LogP contribution < -0.4 is 11.1 Å². The third-order valence-corrected chi connectivity index (χ3v) is 3.50. The molecule has 1 aromatic carbocycles. The van der Waals surface area contributed by atoms with Gasteiger partial charge in [0.25, 0.3) is 5.91 Å². The summed E-state index contributed by atoms with van der Waals surface area (Å²) in [5, 5.41) is 3.44. The number of amides is 1. The molecule has 110 valence electrons. The number of nitrogens with zero attached hydrogens (tertiary/aromatic N) is 1. The number of pyridine rings is 1. The van der Waals surface area contributed by atoms with Crippen molar-refractivity contribution in [2.24, 2.45) is 0 Å². The molecule has 0 atom stereocenters. The second kappa shape index (κ2) is 6.59. The molecule has 0 aliphatic rings. The summed E-state index contributed by atoms with van der Waals surface area (Å²) in [6.07, 6.45) is 1.74. The van der Waals surface area contributed by atoms with Gasteiger partial charge in [0.15, 0.2) is 0 Å². The largest absolute Gasteiger partial charge is 0.384 e. The molecule has 1 aromatic heterocycles. The van der Waals surface area contributed by atoms with Crippen LogP contribution in [0.15, 0.2) is 30.3 Å². The lowest BCUT2D eigenvalue weighted by Crippen LogP contribution is -2.13. The van der Waals surface area contributed by atoms with Crippen LogP contribution in [0.3, 0.4) is 0 Å². The molecule has 1 heterocycles. The average molecular weight is 304 g/mol. The number of aryl methyl sites for hydroxylation is 2. The number of nitrogens with two attached hydrogens (primary N) is 1. The van der Waals surface area contributed by atoms with Crippen LogP contribution in [0.1, 0.15) is 35.0 Å². The summed E-state index contributed by atoms with van der Waals surface area (Å²) in [7, 11) is 0. The van der Waals surface area contributed by atoms with Crippen LogP contribution >= 0.6 is 11.6 Å². The van der Waals surface area contributed by atoms with E-state index in [4.69, 9.17) is 17.3 Å². The van der Waals surface area contributed by atoms with E-state index in [1.54, 1.807) is 18.2 Å². The monoisotopic (exact) mass is 303 g/mol. The molecular formula is C16H18ClN3O. The second-order valence-corrected chi connectivity index (χ2v) is 5.35. The van der Waals surface area contributed by atoms with Crippen LogP contribution in [-0.4, -0.2) is 10.9 Å². The van der Waals surface area contributed by atoms with Crippen molar-refractivity contribution >= 4 is 29.0 Å². The third kappa shape index (κ3) is 3.95. The van der Waals surface area contributed by atoms with E-state index in [2.05, 4.69) is 17.2 Å². The Bertz CT molecular complexity index is 671. The number of anilines is 2. The molecule has 2 rings (SSSR count). The Hall–Kier alpha value is -2.07. The summed E-state index contributed by atoms with van der Waals surface area (Å²) in [5.74, 6) is 0.134. The minimum atomic E-state index is -0.221. The third-order valence-electron chi connectivity index (χ3n) is 3.10. The van der Waals surface area contributed by atoms with Crippen LogP contribution in [0.4, 0.5) is 11.5 Å². The first-order valence-corrected chi connectivity index (χ1v) is 7.21. The number of nitrogen functional groups attached to an aromatic ring is 1. The Morgan fingerprint density at radius 3 is 2.76 bits per heavy atom. The lowest BCUT2D eigenvalue weighted by molar-refractivity contribution is 0.102. The summed E-state index contributed by atoms with van der Waals surface area (Å²) in [5.41, 5.74) is 8.70. The van der Waals surface area contributed by atoms with E-state index in [0.29, 0.717) is 22.1 Å². The van der Waals surface area contributed by atoms with Crippen molar-refractivity contribution in [1.82, 2.24) is 4.98 Å². The van der Waals surface area contributed by atoms with Gasteiger partial charge >= 0.3 is 0 Å². The molecular weight excluding hydrogens is 286 g/mol. The van der Waals surface area contributed by atoms with Gasteiger partial charge in [0.2, 0.25) is 0 Å².